The first-order valence-electron chi connectivity index (χ1n) is 7.77. The minimum Gasteiger partial charge on any atom is -0.379 e. The van der Waals surface area contributed by atoms with Crippen LogP contribution in [0.1, 0.15) is 27.2 Å². The number of carbonyl (C=O) groups is 1. The standard InChI is InChI=1S/C15H31NO5/c1-4-6-18-8-10-20-12-13-21-11-9-19-7-5-16-15(17)14(2)3/h14H,4-13H2,1-3H3,(H,16,17). The molecule has 0 aromatic rings. The van der Waals surface area contributed by atoms with E-state index in [-0.39, 0.29) is 11.8 Å². The molecule has 1 N–H and O–H groups in total. The number of hydrogen-bond acceptors (Lipinski definition) is 5. The lowest BCUT2D eigenvalue weighted by Gasteiger charge is -2.09. The molecule has 0 aliphatic heterocycles. The molecule has 0 fully saturated rings. The molecule has 21 heavy (non-hydrogen) atoms. The van der Waals surface area contributed by atoms with E-state index in [0.29, 0.717) is 52.8 Å². The predicted octanol–water partition coefficient (Wildman–Crippen LogP) is 1.24. The van der Waals surface area contributed by atoms with Crippen molar-refractivity contribution >= 4 is 5.91 Å². The summed E-state index contributed by atoms with van der Waals surface area (Å²) in [6.45, 7) is 11.1. The highest BCUT2D eigenvalue weighted by molar-refractivity contribution is 5.77. The van der Waals surface area contributed by atoms with E-state index in [4.69, 9.17) is 18.9 Å². The van der Waals surface area contributed by atoms with Crippen LogP contribution in [0.4, 0.5) is 0 Å². The van der Waals surface area contributed by atoms with Gasteiger partial charge in [0.2, 0.25) is 5.91 Å². The molecule has 126 valence electrons. The maximum atomic E-state index is 11.2. The van der Waals surface area contributed by atoms with Gasteiger partial charge < -0.3 is 24.3 Å². The number of rotatable bonds is 15. The van der Waals surface area contributed by atoms with Crippen LogP contribution in [0.2, 0.25) is 0 Å². The minimum absolute atomic E-state index is 0.0145. The molecule has 0 rings (SSSR count). The van der Waals surface area contributed by atoms with Crippen LogP contribution in [0.3, 0.4) is 0 Å². The monoisotopic (exact) mass is 305 g/mol. The van der Waals surface area contributed by atoms with E-state index in [1.165, 1.54) is 0 Å². The van der Waals surface area contributed by atoms with Crippen LogP contribution < -0.4 is 5.32 Å². The second-order valence-electron chi connectivity index (χ2n) is 4.90. The second kappa shape index (κ2) is 15.7. The van der Waals surface area contributed by atoms with Gasteiger partial charge in [0.05, 0.1) is 46.2 Å². The highest BCUT2D eigenvalue weighted by Gasteiger charge is 2.04. The first-order chi connectivity index (χ1) is 10.2. The minimum atomic E-state index is 0.0145. The fraction of sp³-hybridized carbons (Fsp3) is 0.933. The van der Waals surface area contributed by atoms with Gasteiger partial charge in [-0.1, -0.05) is 20.8 Å². The highest BCUT2D eigenvalue weighted by Crippen LogP contribution is 1.89. The molecule has 0 aliphatic carbocycles. The Balaban J connectivity index is 3.04. The topological polar surface area (TPSA) is 66.0 Å². The fourth-order valence-electron chi connectivity index (χ4n) is 1.36. The van der Waals surface area contributed by atoms with E-state index < -0.39 is 0 Å². The third-order valence-corrected chi connectivity index (χ3v) is 2.53. The maximum Gasteiger partial charge on any atom is 0.222 e. The van der Waals surface area contributed by atoms with Crippen molar-refractivity contribution in [3.63, 3.8) is 0 Å². The number of ether oxygens (including phenoxy) is 4. The summed E-state index contributed by atoms with van der Waals surface area (Å²) in [5.41, 5.74) is 0. The number of amides is 1. The molecule has 6 heteroatoms. The summed E-state index contributed by atoms with van der Waals surface area (Å²) in [6, 6.07) is 0. The van der Waals surface area contributed by atoms with Crippen molar-refractivity contribution < 1.29 is 23.7 Å². The summed E-state index contributed by atoms with van der Waals surface area (Å²) >= 11 is 0. The first-order valence-corrected chi connectivity index (χ1v) is 7.77. The van der Waals surface area contributed by atoms with Crippen molar-refractivity contribution in [1.29, 1.82) is 0 Å². The molecule has 0 bridgehead atoms. The van der Waals surface area contributed by atoms with Gasteiger partial charge in [-0.15, -0.1) is 0 Å². The average Bonchev–Trinajstić information content (AvgIpc) is 2.47. The van der Waals surface area contributed by atoms with Crippen molar-refractivity contribution in [3.05, 3.63) is 0 Å². The summed E-state index contributed by atoms with van der Waals surface area (Å²) in [4.78, 5) is 11.2. The van der Waals surface area contributed by atoms with E-state index >= 15 is 0 Å². The SMILES string of the molecule is CCCOCCOCCOCCOCCNC(=O)C(C)C. The van der Waals surface area contributed by atoms with Crippen LogP contribution in [0.5, 0.6) is 0 Å². The van der Waals surface area contributed by atoms with Crippen molar-refractivity contribution in [3.8, 4) is 0 Å². The summed E-state index contributed by atoms with van der Waals surface area (Å²) < 4.78 is 21.3. The van der Waals surface area contributed by atoms with Crippen molar-refractivity contribution in [2.24, 2.45) is 5.92 Å². The Morgan fingerprint density at radius 1 is 0.810 bits per heavy atom. The van der Waals surface area contributed by atoms with Crippen molar-refractivity contribution in [2.45, 2.75) is 27.2 Å². The van der Waals surface area contributed by atoms with Crippen LogP contribution in [-0.2, 0) is 23.7 Å². The number of hydrogen-bond donors (Lipinski definition) is 1. The van der Waals surface area contributed by atoms with E-state index in [1.54, 1.807) is 0 Å². The van der Waals surface area contributed by atoms with Gasteiger partial charge in [-0.3, -0.25) is 4.79 Å². The summed E-state index contributed by atoms with van der Waals surface area (Å²) in [5.74, 6) is 0.0654. The number of carbonyl (C=O) groups excluding carboxylic acids is 1. The van der Waals surface area contributed by atoms with Crippen LogP contribution in [-0.4, -0.2) is 65.3 Å². The maximum absolute atomic E-state index is 11.2. The van der Waals surface area contributed by atoms with Gasteiger partial charge in [0, 0.05) is 19.1 Å². The summed E-state index contributed by atoms with van der Waals surface area (Å²) in [5, 5.41) is 2.79. The predicted molar refractivity (Wildman–Crippen MR) is 81.4 cm³/mol. The molecule has 0 saturated heterocycles. The molecule has 0 saturated carbocycles. The normalized spacial score (nSPS) is 11.0. The second-order valence-corrected chi connectivity index (χ2v) is 4.90. The summed E-state index contributed by atoms with van der Waals surface area (Å²) in [6.07, 6.45) is 1.03. The van der Waals surface area contributed by atoms with Crippen LogP contribution in [0, 0.1) is 5.92 Å². The smallest absolute Gasteiger partial charge is 0.222 e. The van der Waals surface area contributed by atoms with Gasteiger partial charge >= 0.3 is 0 Å². The van der Waals surface area contributed by atoms with Crippen LogP contribution in [0.25, 0.3) is 0 Å². The van der Waals surface area contributed by atoms with Crippen LogP contribution in [0.15, 0.2) is 0 Å². The lowest BCUT2D eigenvalue weighted by atomic mass is 10.2. The first kappa shape index (κ1) is 20.3. The molecular formula is C15H31NO5. The molecule has 0 unspecified atom stereocenters. The highest BCUT2D eigenvalue weighted by atomic mass is 16.6. The quantitative estimate of drug-likeness (QED) is 0.461. The zero-order valence-electron chi connectivity index (χ0n) is 13.7. The Morgan fingerprint density at radius 3 is 1.67 bits per heavy atom. The van der Waals surface area contributed by atoms with Crippen molar-refractivity contribution in [1.82, 2.24) is 5.32 Å². The Morgan fingerprint density at radius 2 is 1.24 bits per heavy atom. The molecular weight excluding hydrogens is 274 g/mol. The van der Waals surface area contributed by atoms with E-state index in [9.17, 15) is 4.79 Å². The Labute approximate surface area is 128 Å². The van der Waals surface area contributed by atoms with Gasteiger partial charge in [0.1, 0.15) is 0 Å². The van der Waals surface area contributed by atoms with Crippen LogP contribution >= 0.6 is 0 Å². The summed E-state index contributed by atoms with van der Waals surface area (Å²) in [7, 11) is 0. The molecule has 0 aliphatic rings. The molecule has 0 aromatic carbocycles. The fourth-order valence-corrected chi connectivity index (χ4v) is 1.36. The Hall–Kier alpha value is -0.690. The molecule has 0 spiro atoms. The van der Waals surface area contributed by atoms with Gasteiger partial charge in [-0.05, 0) is 6.42 Å². The zero-order chi connectivity index (χ0) is 15.8. The average molecular weight is 305 g/mol. The largest absolute Gasteiger partial charge is 0.379 e. The molecule has 0 atom stereocenters. The van der Waals surface area contributed by atoms with Gasteiger partial charge in [0.15, 0.2) is 0 Å². The molecule has 0 heterocycles. The van der Waals surface area contributed by atoms with E-state index in [0.717, 1.165) is 13.0 Å². The zero-order valence-corrected chi connectivity index (χ0v) is 13.7. The molecule has 0 aromatic heterocycles. The molecule has 1 amide bonds. The Bertz CT molecular complexity index is 236. The third-order valence-electron chi connectivity index (χ3n) is 2.53. The van der Waals surface area contributed by atoms with Gasteiger partial charge in [-0.25, -0.2) is 0 Å². The molecule has 0 radical (unpaired) electrons. The van der Waals surface area contributed by atoms with E-state index in [1.807, 2.05) is 13.8 Å². The van der Waals surface area contributed by atoms with Gasteiger partial charge in [-0.2, -0.15) is 0 Å². The Kier molecular flexibility index (Phi) is 15.2. The third kappa shape index (κ3) is 15.5. The lowest BCUT2D eigenvalue weighted by Crippen LogP contribution is -2.31. The van der Waals surface area contributed by atoms with E-state index in [2.05, 4.69) is 12.2 Å². The molecule has 6 nitrogen and oxygen atoms in total. The number of nitrogens with one attached hydrogen (secondary N) is 1. The lowest BCUT2D eigenvalue weighted by molar-refractivity contribution is -0.124. The van der Waals surface area contributed by atoms with Gasteiger partial charge in [0.25, 0.3) is 0 Å². The van der Waals surface area contributed by atoms with Crippen molar-refractivity contribution in [2.75, 3.05) is 59.4 Å².